The van der Waals surface area contributed by atoms with Crippen LogP contribution in [0.25, 0.3) is 0 Å². The van der Waals surface area contributed by atoms with Crippen LogP contribution in [-0.4, -0.2) is 49.7 Å². The molecule has 0 bridgehead atoms. The molecule has 0 spiro atoms. The van der Waals surface area contributed by atoms with Gasteiger partial charge in [0.1, 0.15) is 10.6 Å². The monoisotopic (exact) mass is 418 g/mol. The van der Waals surface area contributed by atoms with E-state index in [-0.39, 0.29) is 18.2 Å². The Balaban J connectivity index is 1.46. The first-order valence-electron chi connectivity index (χ1n) is 9.68. The summed E-state index contributed by atoms with van der Waals surface area (Å²) in [5.41, 5.74) is 6.65. The van der Waals surface area contributed by atoms with Gasteiger partial charge >= 0.3 is 0 Å². The number of carbonyl (C=O) groups is 2. The number of thiazole rings is 1. The lowest BCUT2D eigenvalue weighted by Crippen LogP contribution is -2.41. The number of nitrogens with one attached hydrogen (secondary N) is 2. The summed E-state index contributed by atoms with van der Waals surface area (Å²) in [4.78, 5) is 31.6. The second kappa shape index (κ2) is 10.2. The summed E-state index contributed by atoms with van der Waals surface area (Å²) in [6.45, 7) is 7.18. The molecule has 0 saturated carbocycles. The predicted molar refractivity (Wildman–Crippen MR) is 111 cm³/mol. The number of amides is 2. The van der Waals surface area contributed by atoms with E-state index in [4.69, 9.17) is 9.47 Å². The number of hydrogen-bond acceptors (Lipinski definition) is 7. The van der Waals surface area contributed by atoms with Gasteiger partial charge in [0.25, 0.3) is 5.91 Å². The molecule has 29 heavy (non-hydrogen) atoms. The van der Waals surface area contributed by atoms with Gasteiger partial charge in [-0.2, -0.15) is 0 Å². The molecule has 3 rings (SSSR count). The van der Waals surface area contributed by atoms with Crippen molar-refractivity contribution in [1.82, 2.24) is 15.8 Å². The van der Waals surface area contributed by atoms with Crippen LogP contribution in [0.1, 0.15) is 34.3 Å². The minimum Gasteiger partial charge on any atom is -0.494 e. The summed E-state index contributed by atoms with van der Waals surface area (Å²) in [7, 11) is 0. The third-order valence-corrected chi connectivity index (χ3v) is 5.68. The Morgan fingerprint density at radius 2 is 1.93 bits per heavy atom. The third kappa shape index (κ3) is 5.91. The van der Waals surface area contributed by atoms with Crippen LogP contribution in [-0.2, 0) is 16.0 Å². The molecular weight excluding hydrogens is 392 g/mol. The molecule has 0 atom stereocenters. The summed E-state index contributed by atoms with van der Waals surface area (Å²) in [5.74, 6) is 0.209. The molecule has 2 N–H and O–H groups in total. The molecule has 0 aliphatic carbocycles. The molecule has 2 amide bonds. The molecule has 1 aliphatic heterocycles. The zero-order valence-electron chi connectivity index (χ0n) is 16.7. The maximum Gasteiger partial charge on any atom is 0.281 e. The highest BCUT2D eigenvalue weighted by atomic mass is 32.1. The van der Waals surface area contributed by atoms with Crippen LogP contribution in [0.15, 0.2) is 24.3 Å². The number of aryl methyl sites for hydroxylation is 2. The van der Waals surface area contributed by atoms with Crippen LogP contribution < -0.4 is 20.5 Å². The number of hydrazine groups is 1. The van der Waals surface area contributed by atoms with E-state index in [0.29, 0.717) is 36.8 Å². The van der Waals surface area contributed by atoms with E-state index in [1.807, 2.05) is 31.2 Å². The van der Waals surface area contributed by atoms with Gasteiger partial charge in [0, 0.05) is 19.5 Å². The van der Waals surface area contributed by atoms with Gasteiger partial charge in [-0.15, -0.1) is 0 Å². The number of rotatable bonds is 7. The lowest BCUT2D eigenvalue weighted by atomic mass is 10.1. The molecule has 0 radical (unpaired) electrons. The largest absolute Gasteiger partial charge is 0.494 e. The van der Waals surface area contributed by atoms with Crippen molar-refractivity contribution in [2.45, 2.75) is 26.7 Å². The number of benzene rings is 1. The standard InChI is InChI=1S/C20H26N4O4S/c1-3-28-16-7-4-15(5-8-16)6-9-17(25)22-23-19(26)18-14(2)21-20(29-18)24-10-12-27-13-11-24/h4-5,7-8H,3,6,9-13H2,1-2H3,(H,22,25)(H,23,26). The van der Waals surface area contributed by atoms with Crippen molar-refractivity contribution in [1.29, 1.82) is 0 Å². The van der Waals surface area contributed by atoms with E-state index in [2.05, 4.69) is 20.7 Å². The SMILES string of the molecule is CCOc1ccc(CCC(=O)NNC(=O)c2sc(N3CCOCC3)nc2C)cc1. The fraction of sp³-hybridized carbons (Fsp3) is 0.450. The Labute approximate surface area is 174 Å². The summed E-state index contributed by atoms with van der Waals surface area (Å²) in [5, 5.41) is 0.803. The predicted octanol–water partition coefficient (Wildman–Crippen LogP) is 2.08. The van der Waals surface area contributed by atoms with E-state index < -0.39 is 0 Å². The highest BCUT2D eigenvalue weighted by Gasteiger charge is 2.20. The Morgan fingerprint density at radius 3 is 2.62 bits per heavy atom. The van der Waals surface area contributed by atoms with Gasteiger partial charge in [-0.25, -0.2) is 4.98 Å². The molecule has 1 fully saturated rings. The molecular formula is C20H26N4O4S. The lowest BCUT2D eigenvalue weighted by Gasteiger charge is -2.25. The van der Waals surface area contributed by atoms with Crippen molar-refractivity contribution in [3.63, 3.8) is 0 Å². The van der Waals surface area contributed by atoms with Crippen LogP contribution >= 0.6 is 11.3 Å². The number of carbonyl (C=O) groups excluding carboxylic acids is 2. The number of hydrogen-bond donors (Lipinski definition) is 2. The van der Waals surface area contributed by atoms with Crippen LogP contribution in [0.3, 0.4) is 0 Å². The van der Waals surface area contributed by atoms with Gasteiger partial charge in [0.2, 0.25) is 5.91 Å². The third-order valence-electron chi connectivity index (χ3n) is 4.46. The fourth-order valence-electron chi connectivity index (χ4n) is 2.91. The number of anilines is 1. The second-order valence-electron chi connectivity index (χ2n) is 6.59. The average molecular weight is 419 g/mol. The van der Waals surface area contributed by atoms with Crippen LogP contribution in [0.4, 0.5) is 5.13 Å². The smallest absolute Gasteiger partial charge is 0.281 e. The molecule has 1 aromatic heterocycles. The normalized spacial score (nSPS) is 13.8. The summed E-state index contributed by atoms with van der Waals surface area (Å²) in [6.07, 6.45) is 0.851. The minimum absolute atomic E-state index is 0.247. The van der Waals surface area contributed by atoms with Crippen LogP contribution in [0.2, 0.25) is 0 Å². The summed E-state index contributed by atoms with van der Waals surface area (Å²) in [6, 6.07) is 7.64. The molecule has 0 unspecified atom stereocenters. The number of ether oxygens (including phenoxy) is 2. The maximum atomic E-state index is 12.4. The van der Waals surface area contributed by atoms with E-state index in [9.17, 15) is 9.59 Å². The van der Waals surface area contributed by atoms with Gasteiger partial charge < -0.3 is 14.4 Å². The average Bonchev–Trinajstić information content (AvgIpc) is 3.14. The van der Waals surface area contributed by atoms with Crippen molar-refractivity contribution in [3.8, 4) is 5.75 Å². The zero-order valence-corrected chi connectivity index (χ0v) is 17.5. The second-order valence-corrected chi connectivity index (χ2v) is 7.57. The quantitative estimate of drug-likeness (QED) is 0.669. The molecule has 1 saturated heterocycles. The van der Waals surface area contributed by atoms with Crippen LogP contribution in [0, 0.1) is 6.92 Å². The Kier molecular flexibility index (Phi) is 7.42. The lowest BCUT2D eigenvalue weighted by molar-refractivity contribution is -0.121. The molecule has 2 heterocycles. The van der Waals surface area contributed by atoms with Gasteiger partial charge in [0.15, 0.2) is 5.13 Å². The minimum atomic E-state index is -0.353. The Hall–Kier alpha value is -2.65. The van der Waals surface area contributed by atoms with Gasteiger partial charge in [0.05, 0.1) is 25.5 Å². The van der Waals surface area contributed by atoms with Crippen LogP contribution in [0.5, 0.6) is 5.75 Å². The van der Waals surface area contributed by atoms with Crippen molar-refractivity contribution >= 4 is 28.3 Å². The van der Waals surface area contributed by atoms with Crippen molar-refractivity contribution in [2.24, 2.45) is 0 Å². The van der Waals surface area contributed by atoms with E-state index in [1.165, 1.54) is 11.3 Å². The first kappa shape index (κ1) is 21.1. The highest BCUT2D eigenvalue weighted by molar-refractivity contribution is 7.17. The van der Waals surface area contributed by atoms with Crippen molar-refractivity contribution in [2.75, 3.05) is 37.8 Å². The van der Waals surface area contributed by atoms with Gasteiger partial charge in [-0.1, -0.05) is 23.5 Å². The van der Waals surface area contributed by atoms with E-state index in [1.54, 1.807) is 6.92 Å². The molecule has 1 aliphatic rings. The zero-order chi connectivity index (χ0) is 20.6. The number of aromatic nitrogens is 1. The van der Waals surface area contributed by atoms with E-state index >= 15 is 0 Å². The fourth-order valence-corrected chi connectivity index (χ4v) is 3.92. The summed E-state index contributed by atoms with van der Waals surface area (Å²) < 4.78 is 10.7. The molecule has 8 nitrogen and oxygen atoms in total. The van der Waals surface area contributed by atoms with Crippen molar-refractivity contribution in [3.05, 3.63) is 40.4 Å². The first-order chi connectivity index (χ1) is 14.1. The molecule has 1 aromatic carbocycles. The number of morpholine rings is 1. The van der Waals surface area contributed by atoms with Crippen molar-refractivity contribution < 1.29 is 19.1 Å². The first-order valence-corrected chi connectivity index (χ1v) is 10.5. The Morgan fingerprint density at radius 1 is 1.21 bits per heavy atom. The summed E-state index contributed by atoms with van der Waals surface area (Å²) >= 11 is 1.33. The maximum absolute atomic E-state index is 12.4. The molecule has 2 aromatic rings. The van der Waals surface area contributed by atoms with E-state index in [0.717, 1.165) is 29.5 Å². The Bertz CT molecular complexity index is 832. The molecule has 156 valence electrons. The number of nitrogens with zero attached hydrogens (tertiary/aromatic N) is 2. The highest BCUT2D eigenvalue weighted by Crippen LogP contribution is 2.26. The van der Waals surface area contributed by atoms with Gasteiger partial charge in [-0.3, -0.25) is 20.4 Å². The topological polar surface area (TPSA) is 92.8 Å². The van der Waals surface area contributed by atoms with Gasteiger partial charge in [-0.05, 0) is 38.0 Å². The molecule has 9 heteroatoms.